The van der Waals surface area contributed by atoms with Gasteiger partial charge in [0.2, 0.25) is 0 Å². The maximum atomic E-state index is 11.7. The molecule has 1 heterocycles. The molecule has 0 saturated carbocycles. The van der Waals surface area contributed by atoms with Gasteiger partial charge in [0.15, 0.2) is 0 Å². The van der Waals surface area contributed by atoms with E-state index in [4.69, 9.17) is 14.2 Å². The molecule has 6 nitrogen and oxygen atoms in total. The van der Waals surface area contributed by atoms with Crippen LogP contribution in [0.2, 0.25) is 0 Å². The molecule has 0 radical (unpaired) electrons. The largest absolute Gasteiger partial charge is 0.462 e. The zero-order valence-corrected chi connectivity index (χ0v) is 12.5. The van der Waals surface area contributed by atoms with Crippen molar-refractivity contribution in [3.8, 4) is 0 Å². The Morgan fingerprint density at radius 2 is 1.95 bits per heavy atom. The zero-order chi connectivity index (χ0) is 14.6. The monoisotopic (exact) mass is 286 g/mol. The summed E-state index contributed by atoms with van der Waals surface area (Å²) >= 11 is 0. The van der Waals surface area contributed by atoms with Crippen molar-refractivity contribution < 1.29 is 19.0 Å². The Labute approximate surface area is 121 Å². The molecule has 1 unspecified atom stereocenters. The minimum Gasteiger partial charge on any atom is -0.462 e. The third-order valence-electron chi connectivity index (χ3n) is 2.98. The SMILES string of the molecule is CCCCOCCOCCOC(=O)C(C)N1C=CNC1. The van der Waals surface area contributed by atoms with Crippen LogP contribution in [0.5, 0.6) is 0 Å². The van der Waals surface area contributed by atoms with E-state index in [0.717, 1.165) is 19.4 Å². The molecule has 0 spiro atoms. The lowest BCUT2D eigenvalue weighted by atomic mass is 10.3. The molecular formula is C14H26N2O4. The predicted molar refractivity (Wildman–Crippen MR) is 75.9 cm³/mol. The fourth-order valence-electron chi connectivity index (χ4n) is 1.65. The number of esters is 1. The second-order valence-electron chi connectivity index (χ2n) is 4.61. The van der Waals surface area contributed by atoms with E-state index in [1.54, 1.807) is 0 Å². The van der Waals surface area contributed by atoms with Crippen LogP contribution in [0.25, 0.3) is 0 Å². The Balaban J connectivity index is 1.92. The summed E-state index contributed by atoms with van der Waals surface area (Å²) in [5, 5.41) is 3.01. The van der Waals surface area contributed by atoms with E-state index in [-0.39, 0.29) is 18.6 Å². The molecule has 1 rings (SSSR count). The van der Waals surface area contributed by atoms with Gasteiger partial charge in [-0.25, -0.2) is 4.79 Å². The highest BCUT2D eigenvalue weighted by Gasteiger charge is 2.21. The number of ether oxygens (including phenoxy) is 3. The van der Waals surface area contributed by atoms with Crippen molar-refractivity contribution in [3.05, 3.63) is 12.4 Å². The highest BCUT2D eigenvalue weighted by Crippen LogP contribution is 2.04. The number of rotatable bonds is 11. The fourth-order valence-corrected chi connectivity index (χ4v) is 1.65. The van der Waals surface area contributed by atoms with Gasteiger partial charge in [-0.15, -0.1) is 0 Å². The number of carbonyl (C=O) groups excluding carboxylic acids is 1. The van der Waals surface area contributed by atoms with Crippen LogP contribution in [0.4, 0.5) is 0 Å². The van der Waals surface area contributed by atoms with Crippen LogP contribution in [0.3, 0.4) is 0 Å². The Hall–Kier alpha value is -1.27. The molecule has 0 aromatic rings. The summed E-state index contributed by atoms with van der Waals surface area (Å²) in [4.78, 5) is 13.6. The van der Waals surface area contributed by atoms with E-state index >= 15 is 0 Å². The van der Waals surface area contributed by atoms with Crippen molar-refractivity contribution in [2.75, 3.05) is 39.7 Å². The van der Waals surface area contributed by atoms with Gasteiger partial charge in [-0.2, -0.15) is 0 Å². The molecule has 0 aliphatic carbocycles. The first-order valence-corrected chi connectivity index (χ1v) is 7.23. The van der Waals surface area contributed by atoms with Crippen molar-refractivity contribution in [3.63, 3.8) is 0 Å². The molecule has 0 fully saturated rings. The number of hydrogen-bond acceptors (Lipinski definition) is 6. The zero-order valence-electron chi connectivity index (χ0n) is 12.5. The second-order valence-corrected chi connectivity index (χ2v) is 4.61. The quantitative estimate of drug-likeness (QED) is 0.453. The number of nitrogens with one attached hydrogen (secondary N) is 1. The molecule has 20 heavy (non-hydrogen) atoms. The molecule has 0 aromatic carbocycles. The summed E-state index contributed by atoms with van der Waals surface area (Å²) in [5.41, 5.74) is 0. The van der Waals surface area contributed by atoms with Gasteiger partial charge in [-0.05, 0) is 13.3 Å². The lowest BCUT2D eigenvalue weighted by Gasteiger charge is -2.21. The topological polar surface area (TPSA) is 60.0 Å². The first-order valence-electron chi connectivity index (χ1n) is 7.23. The van der Waals surface area contributed by atoms with Crippen LogP contribution in [0, 0.1) is 0 Å². The van der Waals surface area contributed by atoms with Crippen LogP contribution < -0.4 is 5.32 Å². The minimum atomic E-state index is -0.279. The van der Waals surface area contributed by atoms with E-state index < -0.39 is 0 Å². The lowest BCUT2D eigenvalue weighted by molar-refractivity contribution is -0.150. The smallest absolute Gasteiger partial charge is 0.328 e. The average Bonchev–Trinajstić information content (AvgIpc) is 2.98. The molecule has 1 atom stereocenters. The summed E-state index contributed by atoms with van der Waals surface area (Å²) < 4.78 is 15.8. The Bertz CT molecular complexity index is 297. The highest BCUT2D eigenvalue weighted by molar-refractivity contribution is 5.75. The normalized spacial score (nSPS) is 15.2. The van der Waals surface area contributed by atoms with Crippen molar-refractivity contribution in [2.24, 2.45) is 0 Å². The Morgan fingerprint density at radius 3 is 2.60 bits per heavy atom. The van der Waals surface area contributed by atoms with Crippen molar-refractivity contribution in [1.29, 1.82) is 0 Å². The standard InChI is InChI=1S/C14H26N2O4/c1-3-4-7-18-8-9-19-10-11-20-14(17)13(2)16-6-5-15-12-16/h5-6,13,15H,3-4,7-12H2,1-2H3. The molecule has 0 bridgehead atoms. The molecule has 1 aliphatic heterocycles. The summed E-state index contributed by atoms with van der Waals surface area (Å²) in [5.74, 6) is -0.235. The molecule has 0 aromatic heterocycles. The summed E-state index contributed by atoms with van der Waals surface area (Å²) in [7, 11) is 0. The van der Waals surface area contributed by atoms with Crippen LogP contribution in [0.15, 0.2) is 12.4 Å². The molecule has 116 valence electrons. The van der Waals surface area contributed by atoms with E-state index in [2.05, 4.69) is 12.2 Å². The Kier molecular flexibility index (Phi) is 8.82. The van der Waals surface area contributed by atoms with Gasteiger partial charge >= 0.3 is 5.97 Å². The number of hydrogen-bond donors (Lipinski definition) is 1. The van der Waals surface area contributed by atoms with Crippen LogP contribution in [-0.2, 0) is 19.0 Å². The van der Waals surface area contributed by atoms with Crippen LogP contribution >= 0.6 is 0 Å². The van der Waals surface area contributed by atoms with Crippen molar-refractivity contribution in [1.82, 2.24) is 10.2 Å². The molecule has 1 N–H and O–H groups in total. The molecular weight excluding hydrogens is 260 g/mol. The maximum absolute atomic E-state index is 11.7. The summed E-state index contributed by atoms with van der Waals surface area (Å²) in [6.45, 7) is 7.19. The minimum absolute atomic E-state index is 0.235. The van der Waals surface area contributed by atoms with Gasteiger partial charge in [-0.3, -0.25) is 0 Å². The Morgan fingerprint density at radius 1 is 1.25 bits per heavy atom. The van der Waals surface area contributed by atoms with Gasteiger partial charge < -0.3 is 24.4 Å². The summed E-state index contributed by atoms with van der Waals surface area (Å²) in [6.07, 6.45) is 5.87. The number of carbonyl (C=O) groups is 1. The molecule has 0 saturated heterocycles. The van der Waals surface area contributed by atoms with Crippen molar-refractivity contribution in [2.45, 2.75) is 32.7 Å². The van der Waals surface area contributed by atoms with Gasteiger partial charge in [0.1, 0.15) is 12.6 Å². The van der Waals surface area contributed by atoms with Crippen LogP contribution in [-0.4, -0.2) is 56.6 Å². The number of nitrogens with zero attached hydrogens (tertiary/aromatic N) is 1. The van der Waals surface area contributed by atoms with Gasteiger partial charge in [0.25, 0.3) is 0 Å². The maximum Gasteiger partial charge on any atom is 0.328 e. The number of unbranched alkanes of at least 4 members (excludes halogenated alkanes) is 1. The molecule has 0 amide bonds. The van der Waals surface area contributed by atoms with Gasteiger partial charge in [-0.1, -0.05) is 13.3 Å². The van der Waals surface area contributed by atoms with Crippen LogP contribution in [0.1, 0.15) is 26.7 Å². The third-order valence-corrected chi connectivity index (χ3v) is 2.98. The van der Waals surface area contributed by atoms with E-state index in [1.165, 1.54) is 0 Å². The molecule has 6 heteroatoms. The van der Waals surface area contributed by atoms with E-state index in [1.807, 2.05) is 24.2 Å². The molecule has 1 aliphatic rings. The van der Waals surface area contributed by atoms with E-state index in [9.17, 15) is 4.79 Å². The van der Waals surface area contributed by atoms with E-state index in [0.29, 0.717) is 26.5 Å². The fraction of sp³-hybridized carbons (Fsp3) is 0.786. The third kappa shape index (κ3) is 6.77. The first kappa shape index (κ1) is 16.8. The second kappa shape index (κ2) is 10.5. The van der Waals surface area contributed by atoms with Gasteiger partial charge in [0.05, 0.1) is 26.5 Å². The van der Waals surface area contributed by atoms with Crippen molar-refractivity contribution >= 4 is 5.97 Å². The average molecular weight is 286 g/mol. The predicted octanol–water partition coefficient (Wildman–Crippen LogP) is 1.09. The van der Waals surface area contributed by atoms with Gasteiger partial charge in [0, 0.05) is 19.0 Å². The first-order chi connectivity index (χ1) is 9.75. The summed E-state index contributed by atoms with van der Waals surface area (Å²) in [6, 6.07) is -0.279. The highest BCUT2D eigenvalue weighted by atomic mass is 16.6. The lowest BCUT2D eigenvalue weighted by Crippen LogP contribution is -2.37.